The van der Waals surface area contributed by atoms with Crippen molar-refractivity contribution in [2.45, 2.75) is 71.1 Å². The number of ether oxygens (including phenoxy) is 1. The normalized spacial score (nSPS) is 14.1. The molecule has 0 fully saturated rings. The monoisotopic (exact) mass is 336 g/mol. The lowest BCUT2D eigenvalue weighted by Crippen LogP contribution is -2.17. The van der Waals surface area contributed by atoms with Gasteiger partial charge in [-0.15, -0.1) is 0 Å². The molecular formula is C16H35NO4P-. The topological polar surface area (TPSA) is 84.6 Å². The first-order chi connectivity index (χ1) is 10.6. The van der Waals surface area contributed by atoms with Crippen molar-refractivity contribution in [3.8, 4) is 0 Å². The summed E-state index contributed by atoms with van der Waals surface area (Å²) in [5.74, 6) is 0. The fourth-order valence-electron chi connectivity index (χ4n) is 2.25. The summed E-state index contributed by atoms with van der Waals surface area (Å²) in [6, 6.07) is 0. The molecule has 1 unspecified atom stereocenters. The summed E-state index contributed by atoms with van der Waals surface area (Å²) in [6.45, 7) is 3.45. The molecule has 0 aromatic carbocycles. The van der Waals surface area contributed by atoms with E-state index in [9.17, 15) is 9.46 Å². The van der Waals surface area contributed by atoms with Gasteiger partial charge in [0, 0.05) is 19.3 Å². The minimum Gasteiger partial charge on any atom is -0.778 e. The van der Waals surface area contributed by atoms with Gasteiger partial charge in [0.15, 0.2) is 0 Å². The van der Waals surface area contributed by atoms with Gasteiger partial charge in [-0.05, 0) is 6.42 Å². The maximum Gasteiger partial charge on any atom is 0.136 e. The molecule has 0 bridgehead atoms. The number of hydrogen-bond acceptors (Lipinski definition) is 5. The smallest absolute Gasteiger partial charge is 0.136 e. The molecule has 22 heavy (non-hydrogen) atoms. The first-order valence-electron chi connectivity index (χ1n) is 8.85. The first kappa shape index (κ1) is 22.1. The zero-order valence-corrected chi connectivity index (χ0v) is 15.2. The first-order valence-corrected chi connectivity index (χ1v) is 10.6. The molecule has 0 aliphatic rings. The summed E-state index contributed by atoms with van der Waals surface area (Å²) >= 11 is 0. The molecule has 0 amide bonds. The molecule has 0 spiro atoms. The maximum atomic E-state index is 11.2. The Kier molecular flexibility index (Phi) is 16.0. The van der Waals surface area contributed by atoms with Gasteiger partial charge in [0.2, 0.25) is 0 Å². The number of unbranched alkanes of at least 4 members (excludes halogenated alkanes) is 9. The van der Waals surface area contributed by atoms with Crippen LogP contribution in [0.25, 0.3) is 0 Å². The molecule has 0 saturated heterocycles. The number of nitrogens with two attached hydrogens (primary N) is 1. The second-order valence-electron chi connectivity index (χ2n) is 5.75. The van der Waals surface area contributed by atoms with Crippen molar-refractivity contribution in [1.82, 2.24) is 0 Å². The van der Waals surface area contributed by atoms with Gasteiger partial charge in [-0.1, -0.05) is 64.7 Å². The van der Waals surface area contributed by atoms with Crippen LogP contribution in [-0.2, 0) is 13.8 Å². The van der Waals surface area contributed by atoms with Crippen LogP contribution in [0.4, 0.5) is 0 Å². The van der Waals surface area contributed by atoms with E-state index in [1.54, 1.807) is 0 Å². The zero-order valence-electron chi connectivity index (χ0n) is 14.3. The largest absolute Gasteiger partial charge is 0.778 e. The second-order valence-corrected chi connectivity index (χ2v) is 7.68. The van der Waals surface area contributed by atoms with Crippen LogP contribution in [0.3, 0.4) is 0 Å². The average Bonchev–Trinajstić information content (AvgIpc) is 2.47. The minimum atomic E-state index is -3.73. The summed E-state index contributed by atoms with van der Waals surface area (Å²) in [7, 11) is -3.73. The van der Waals surface area contributed by atoms with Gasteiger partial charge in [-0.3, -0.25) is 0 Å². The van der Waals surface area contributed by atoms with E-state index in [2.05, 4.69) is 6.92 Å². The van der Waals surface area contributed by atoms with E-state index in [1.165, 1.54) is 57.8 Å². The molecule has 2 N–H and O–H groups in total. The van der Waals surface area contributed by atoms with Crippen molar-refractivity contribution < 1.29 is 18.7 Å². The molecule has 0 radical (unpaired) electrons. The third-order valence-corrected chi connectivity index (χ3v) is 4.94. The highest BCUT2D eigenvalue weighted by molar-refractivity contribution is 7.51. The summed E-state index contributed by atoms with van der Waals surface area (Å²) in [4.78, 5) is 11.2. The Balaban J connectivity index is 3.13. The van der Waals surface area contributed by atoms with Crippen molar-refractivity contribution >= 4 is 7.60 Å². The molecule has 6 heteroatoms. The van der Waals surface area contributed by atoms with Gasteiger partial charge >= 0.3 is 0 Å². The van der Waals surface area contributed by atoms with Gasteiger partial charge in [0.25, 0.3) is 0 Å². The third kappa shape index (κ3) is 16.4. The highest BCUT2D eigenvalue weighted by atomic mass is 31.2. The van der Waals surface area contributed by atoms with E-state index >= 15 is 0 Å². The molecule has 0 aliphatic heterocycles. The SMILES string of the molecule is CCCCCCCCCCCCOCCOP(=O)([O-])CCN. The van der Waals surface area contributed by atoms with Crippen LogP contribution in [0, 0.1) is 0 Å². The van der Waals surface area contributed by atoms with E-state index in [4.69, 9.17) is 15.0 Å². The lowest BCUT2D eigenvalue weighted by atomic mass is 10.1. The van der Waals surface area contributed by atoms with Crippen molar-refractivity contribution in [2.24, 2.45) is 5.73 Å². The molecule has 0 saturated carbocycles. The van der Waals surface area contributed by atoms with Gasteiger partial charge < -0.3 is 24.5 Å². The van der Waals surface area contributed by atoms with Gasteiger partial charge in [0.1, 0.15) is 7.60 Å². The van der Waals surface area contributed by atoms with Crippen molar-refractivity contribution in [3.05, 3.63) is 0 Å². The van der Waals surface area contributed by atoms with Crippen molar-refractivity contribution in [3.63, 3.8) is 0 Å². The van der Waals surface area contributed by atoms with E-state index in [0.717, 1.165) is 6.42 Å². The molecule has 0 aromatic heterocycles. The van der Waals surface area contributed by atoms with Crippen LogP contribution in [0.2, 0.25) is 0 Å². The standard InChI is InChI=1S/C16H36NO4P/c1-2-3-4-5-6-7-8-9-10-11-13-20-14-15-21-22(18,19)16-12-17/h2-17H2,1H3,(H,18,19)/p-1. The van der Waals surface area contributed by atoms with E-state index in [1.807, 2.05) is 0 Å². The van der Waals surface area contributed by atoms with Crippen LogP contribution >= 0.6 is 7.60 Å². The van der Waals surface area contributed by atoms with Crippen LogP contribution in [0.5, 0.6) is 0 Å². The molecule has 0 rings (SSSR count). The predicted octanol–water partition coefficient (Wildman–Crippen LogP) is 3.45. The number of hydrogen-bond donors (Lipinski definition) is 1. The molecular weight excluding hydrogens is 301 g/mol. The maximum absolute atomic E-state index is 11.2. The van der Waals surface area contributed by atoms with Crippen molar-refractivity contribution in [2.75, 3.05) is 32.5 Å². The Morgan fingerprint density at radius 2 is 1.41 bits per heavy atom. The van der Waals surface area contributed by atoms with E-state index < -0.39 is 7.60 Å². The lowest BCUT2D eigenvalue weighted by molar-refractivity contribution is -0.199. The average molecular weight is 336 g/mol. The lowest BCUT2D eigenvalue weighted by Gasteiger charge is -2.22. The molecule has 1 atom stereocenters. The molecule has 0 heterocycles. The van der Waals surface area contributed by atoms with Crippen LogP contribution < -0.4 is 10.6 Å². The zero-order chi connectivity index (χ0) is 16.5. The van der Waals surface area contributed by atoms with Gasteiger partial charge in [0.05, 0.1) is 13.2 Å². The fraction of sp³-hybridized carbons (Fsp3) is 1.00. The van der Waals surface area contributed by atoms with E-state index in [0.29, 0.717) is 13.2 Å². The summed E-state index contributed by atoms with van der Waals surface area (Å²) < 4.78 is 21.3. The summed E-state index contributed by atoms with van der Waals surface area (Å²) in [6.07, 6.45) is 12.8. The second kappa shape index (κ2) is 15.9. The fourth-order valence-corrected chi connectivity index (χ4v) is 3.05. The highest BCUT2D eigenvalue weighted by Gasteiger charge is 2.05. The molecule has 134 valence electrons. The Hall–Kier alpha value is 0.0700. The molecule has 0 aliphatic carbocycles. The predicted molar refractivity (Wildman–Crippen MR) is 90.1 cm³/mol. The number of rotatable bonds is 17. The molecule has 5 nitrogen and oxygen atoms in total. The summed E-state index contributed by atoms with van der Waals surface area (Å²) in [5.41, 5.74) is 5.18. The third-order valence-electron chi connectivity index (χ3n) is 3.56. The summed E-state index contributed by atoms with van der Waals surface area (Å²) in [5, 5.41) is 0. The highest BCUT2D eigenvalue weighted by Crippen LogP contribution is 2.35. The molecule has 0 aromatic rings. The quantitative estimate of drug-likeness (QED) is 0.325. The Morgan fingerprint density at radius 3 is 1.95 bits per heavy atom. The van der Waals surface area contributed by atoms with Crippen LogP contribution in [0.15, 0.2) is 0 Å². The van der Waals surface area contributed by atoms with Crippen LogP contribution in [0.1, 0.15) is 71.1 Å². The minimum absolute atomic E-state index is 0.0958. The Morgan fingerprint density at radius 1 is 0.864 bits per heavy atom. The van der Waals surface area contributed by atoms with Gasteiger partial charge in [-0.2, -0.15) is 0 Å². The Labute approximate surface area is 136 Å². The van der Waals surface area contributed by atoms with Gasteiger partial charge in [-0.25, -0.2) is 0 Å². The Bertz CT molecular complexity index is 277. The van der Waals surface area contributed by atoms with Crippen molar-refractivity contribution in [1.29, 1.82) is 0 Å². The van der Waals surface area contributed by atoms with E-state index in [-0.39, 0.29) is 19.3 Å². The van der Waals surface area contributed by atoms with Crippen LogP contribution in [-0.4, -0.2) is 32.5 Å².